The highest BCUT2D eigenvalue weighted by Crippen LogP contribution is 2.31. The fraction of sp³-hybridized carbons (Fsp3) is 1.00. The van der Waals surface area contributed by atoms with Crippen molar-refractivity contribution in [2.45, 2.75) is 45.4 Å². The first-order valence-corrected chi connectivity index (χ1v) is 7.65. The van der Waals surface area contributed by atoms with Gasteiger partial charge in [-0.25, -0.2) is 0 Å². The zero-order valence-corrected chi connectivity index (χ0v) is 11.8. The Balaban J connectivity index is 1.62. The van der Waals surface area contributed by atoms with Crippen molar-refractivity contribution in [2.24, 2.45) is 17.8 Å². The van der Waals surface area contributed by atoms with Gasteiger partial charge in [0.1, 0.15) is 0 Å². The molecule has 1 saturated carbocycles. The molecule has 2 aliphatic rings. The van der Waals surface area contributed by atoms with Crippen LogP contribution in [0.1, 0.15) is 45.4 Å². The molecule has 0 aromatic rings. The van der Waals surface area contributed by atoms with Gasteiger partial charge in [0.05, 0.1) is 0 Å². The van der Waals surface area contributed by atoms with E-state index in [1.165, 1.54) is 64.7 Å². The number of likely N-dealkylation sites (tertiary alicyclic amines) is 1. The van der Waals surface area contributed by atoms with E-state index >= 15 is 0 Å². The normalized spacial score (nSPS) is 35.3. The van der Waals surface area contributed by atoms with Crippen molar-refractivity contribution >= 4 is 0 Å². The summed E-state index contributed by atoms with van der Waals surface area (Å²) in [7, 11) is 2.08. The van der Waals surface area contributed by atoms with E-state index in [-0.39, 0.29) is 0 Å². The van der Waals surface area contributed by atoms with Gasteiger partial charge < -0.3 is 10.2 Å². The molecule has 3 atom stereocenters. The molecule has 0 bridgehead atoms. The Kier molecular flexibility index (Phi) is 5.30. The lowest BCUT2D eigenvalue weighted by Crippen LogP contribution is -2.27. The van der Waals surface area contributed by atoms with Crippen molar-refractivity contribution < 1.29 is 0 Å². The minimum Gasteiger partial charge on any atom is -0.319 e. The standard InChI is InChI=1S/C15H30N2/c1-13-4-3-5-14(10-13)6-8-17-9-7-15(12-17)11-16-2/h13-16H,3-12H2,1-2H3. The minimum absolute atomic E-state index is 0.908. The quantitative estimate of drug-likeness (QED) is 0.792. The average molecular weight is 238 g/mol. The van der Waals surface area contributed by atoms with Crippen LogP contribution in [0, 0.1) is 17.8 Å². The third kappa shape index (κ3) is 4.26. The van der Waals surface area contributed by atoms with Gasteiger partial charge in [-0.2, -0.15) is 0 Å². The number of nitrogens with one attached hydrogen (secondary N) is 1. The van der Waals surface area contributed by atoms with Crippen molar-refractivity contribution in [3.8, 4) is 0 Å². The Morgan fingerprint density at radius 2 is 2.06 bits per heavy atom. The molecule has 2 fully saturated rings. The summed E-state index contributed by atoms with van der Waals surface area (Å²) in [6.07, 6.45) is 8.81. The van der Waals surface area contributed by atoms with Crippen LogP contribution in [0.15, 0.2) is 0 Å². The maximum atomic E-state index is 3.31. The van der Waals surface area contributed by atoms with Gasteiger partial charge in [0.2, 0.25) is 0 Å². The summed E-state index contributed by atoms with van der Waals surface area (Å²) in [5.41, 5.74) is 0. The third-order valence-electron chi connectivity index (χ3n) is 4.76. The summed E-state index contributed by atoms with van der Waals surface area (Å²) in [6.45, 7) is 7.68. The van der Waals surface area contributed by atoms with Crippen LogP contribution in [-0.4, -0.2) is 38.1 Å². The van der Waals surface area contributed by atoms with Crippen molar-refractivity contribution in [1.29, 1.82) is 0 Å². The minimum atomic E-state index is 0.908. The second-order valence-electron chi connectivity index (χ2n) is 6.44. The van der Waals surface area contributed by atoms with Crippen LogP contribution in [0.3, 0.4) is 0 Å². The first-order chi connectivity index (χ1) is 8.28. The van der Waals surface area contributed by atoms with E-state index in [1.54, 1.807) is 0 Å². The van der Waals surface area contributed by atoms with E-state index in [0.717, 1.165) is 17.8 Å². The van der Waals surface area contributed by atoms with Gasteiger partial charge in [-0.3, -0.25) is 0 Å². The molecule has 1 N–H and O–H groups in total. The Hall–Kier alpha value is -0.0800. The van der Waals surface area contributed by atoms with Gasteiger partial charge in [-0.05, 0) is 63.7 Å². The monoisotopic (exact) mass is 238 g/mol. The highest BCUT2D eigenvalue weighted by atomic mass is 15.1. The van der Waals surface area contributed by atoms with Crippen LogP contribution < -0.4 is 5.32 Å². The summed E-state index contributed by atoms with van der Waals surface area (Å²) in [5.74, 6) is 2.93. The lowest BCUT2D eigenvalue weighted by molar-refractivity contribution is 0.229. The first-order valence-electron chi connectivity index (χ1n) is 7.65. The zero-order chi connectivity index (χ0) is 12.1. The van der Waals surface area contributed by atoms with E-state index in [0.29, 0.717) is 0 Å². The molecule has 1 saturated heterocycles. The fourth-order valence-corrected chi connectivity index (χ4v) is 3.76. The van der Waals surface area contributed by atoms with E-state index in [4.69, 9.17) is 0 Å². The Labute approximate surface area is 107 Å². The number of nitrogens with zero attached hydrogens (tertiary/aromatic N) is 1. The molecule has 1 aliphatic carbocycles. The van der Waals surface area contributed by atoms with Crippen molar-refractivity contribution in [1.82, 2.24) is 10.2 Å². The molecule has 0 aromatic carbocycles. The van der Waals surface area contributed by atoms with Gasteiger partial charge in [0.25, 0.3) is 0 Å². The van der Waals surface area contributed by atoms with E-state index in [2.05, 4.69) is 24.2 Å². The maximum Gasteiger partial charge on any atom is 0.00223 e. The van der Waals surface area contributed by atoms with Gasteiger partial charge in [-0.1, -0.05) is 26.2 Å². The summed E-state index contributed by atoms with van der Waals surface area (Å²) in [4.78, 5) is 2.70. The highest BCUT2D eigenvalue weighted by Gasteiger charge is 2.24. The van der Waals surface area contributed by atoms with Crippen LogP contribution in [0.4, 0.5) is 0 Å². The fourth-order valence-electron chi connectivity index (χ4n) is 3.76. The molecule has 1 heterocycles. The predicted molar refractivity (Wildman–Crippen MR) is 74.2 cm³/mol. The largest absolute Gasteiger partial charge is 0.319 e. The molecular weight excluding hydrogens is 208 g/mol. The van der Waals surface area contributed by atoms with Crippen LogP contribution in [0.2, 0.25) is 0 Å². The Morgan fingerprint density at radius 1 is 1.18 bits per heavy atom. The molecule has 2 heteroatoms. The molecule has 0 aromatic heterocycles. The summed E-state index contributed by atoms with van der Waals surface area (Å²) in [5, 5.41) is 3.31. The summed E-state index contributed by atoms with van der Waals surface area (Å²) < 4.78 is 0. The SMILES string of the molecule is CNCC1CCN(CCC2CCCC(C)C2)C1. The molecule has 100 valence electrons. The Morgan fingerprint density at radius 3 is 2.82 bits per heavy atom. The third-order valence-corrected chi connectivity index (χ3v) is 4.76. The smallest absolute Gasteiger partial charge is 0.00223 e. The molecule has 17 heavy (non-hydrogen) atoms. The number of rotatable bonds is 5. The van der Waals surface area contributed by atoms with E-state index in [9.17, 15) is 0 Å². The Bertz CT molecular complexity index is 217. The number of hydrogen-bond donors (Lipinski definition) is 1. The maximum absolute atomic E-state index is 3.31. The molecule has 0 amide bonds. The van der Waals surface area contributed by atoms with Crippen molar-refractivity contribution in [3.63, 3.8) is 0 Å². The van der Waals surface area contributed by atoms with Crippen molar-refractivity contribution in [3.05, 3.63) is 0 Å². The second kappa shape index (κ2) is 6.75. The zero-order valence-electron chi connectivity index (χ0n) is 11.8. The summed E-state index contributed by atoms with van der Waals surface area (Å²) in [6, 6.07) is 0. The molecule has 1 aliphatic heterocycles. The predicted octanol–water partition coefficient (Wildman–Crippen LogP) is 2.74. The van der Waals surface area contributed by atoms with Gasteiger partial charge in [-0.15, -0.1) is 0 Å². The lowest BCUT2D eigenvalue weighted by Gasteiger charge is -2.28. The van der Waals surface area contributed by atoms with Crippen molar-refractivity contribution in [2.75, 3.05) is 33.2 Å². The highest BCUT2D eigenvalue weighted by molar-refractivity contribution is 4.78. The topological polar surface area (TPSA) is 15.3 Å². The molecule has 2 rings (SSSR count). The van der Waals surface area contributed by atoms with Crippen LogP contribution in [0.5, 0.6) is 0 Å². The molecule has 2 nitrogen and oxygen atoms in total. The summed E-state index contributed by atoms with van der Waals surface area (Å²) >= 11 is 0. The number of hydrogen-bond acceptors (Lipinski definition) is 2. The second-order valence-corrected chi connectivity index (χ2v) is 6.44. The average Bonchev–Trinajstić information content (AvgIpc) is 2.75. The van der Waals surface area contributed by atoms with Crippen LogP contribution in [-0.2, 0) is 0 Å². The molecule has 3 unspecified atom stereocenters. The van der Waals surface area contributed by atoms with E-state index < -0.39 is 0 Å². The molecule has 0 spiro atoms. The lowest BCUT2D eigenvalue weighted by atomic mass is 9.81. The van der Waals surface area contributed by atoms with Crippen LogP contribution in [0.25, 0.3) is 0 Å². The molecular formula is C15H30N2. The van der Waals surface area contributed by atoms with E-state index in [1.807, 2.05) is 0 Å². The van der Waals surface area contributed by atoms with Gasteiger partial charge >= 0.3 is 0 Å². The van der Waals surface area contributed by atoms with Crippen LogP contribution >= 0.6 is 0 Å². The van der Waals surface area contributed by atoms with Gasteiger partial charge in [0.15, 0.2) is 0 Å². The van der Waals surface area contributed by atoms with Gasteiger partial charge in [0, 0.05) is 6.54 Å². The first kappa shape index (κ1) is 13.4. The molecule has 0 radical (unpaired) electrons.